The zero-order valence-electron chi connectivity index (χ0n) is 14.4. The smallest absolute Gasteiger partial charge is 0.240 e. The summed E-state index contributed by atoms with van der Waals surface area (Å²) in [6.45, 7) is 0.458. The van der Waals surface area contributed by atoms with Crippen LogP contribution in [0.5, 0.6) is 11.5 Å². The Morgan fingerprint density at radius 2 is 1.73 bits per heavy atom. The van der Waals surface area contributed by atoms with E-state index in [1.807, 2.05) is 54.6 Å². The van der Waals surface area contributed by atoms with E-state index in [9.17, 15) is 9.59 Å². The number of para-hydroxylation sites is 1. The molecule has 0 spiro atoms. The SMILES string of the molecule is NC1(C(=O)NC2CC(=O)N(c3ccc(Oc4ccccc4)cc3)C2)CC1. The Kier molecular flexibility index (Phi) is 4.12. The van der Waals surface area contributed by atoms with E-state index in [4.69, 9.17) is 10.5 Å². The molecule has 6 nitrogen and oxygen atoms in total. The second kappa shape index (κ2) is 6.46. The van der Waals surface area contributed by atoms with Gasteiger partial charge < -0.3 is 20.7 Å². The third-order valence-corrected chi connectivity index (χ3v) is 4.83. The number of ether oxygens (including phenoxy) is 1. The first-order valence-electron chi connectivity index (χ1n) is 8.77. The molecule has 4 rings (SSSR count). The van der Waals surface area contributed by atoms with E-state index in [-0.39, 0.29) is 17.9 Å². The van der Waals surface area contributed by atoms with Crippen molar-refractivity contribution in [2.45, 2.75) is 30.8 Å². The van der Waals surface area contributed by atoms with Crippen LogP contribution in [0.4, 0.5) is 5.69 Å². The minimum atomic E-state index is -0.715. The van der Waals surface area contributed by atoms with E-state index in [1.165, 1.54) is 0 Å². The van der Waals surface area contributed by atoms with Gasteiger partial charge in [-0.25, -0.2) is 0 Å². The Bertz CT molecular complexity index is 816. The average Bonchev–Trinajstić information content (AvgIpc) is 3.30. The van der Waals surface area contributed by atoms with Crippen LogP contribution in [0.15, 0.2) is 54.6 Å². The molecular formula is C20H21N3O3. The molecule has 0 radical (unpaired) electrons. The molecule has 1 heterocycles. The van der Waals surface area contributed by atoms with Crippen LogP contribution in [0.2, 0.25) is 0 Å². The number of nitrogens with two attached hydrogens (primary N) is 1. The molecule has 26 heavy (non-hydrogen) atoms. The maximum Gasteiger partial charge on any atom is 0.240 e. The Hall–Kier alpha value is -2.86. The number of amides is 2. The standard InChI is InChI=1S/C20H21N3O3/c21-20(10-11-20)19(25)22-14-12-18(24)23(13-14)15-6-8-17(9-7-15)26-16-4-2-1-3-5-16/h1-9,14H,10-13,21H2,(H,22,25). The lowest BCUT2D eigenvalue weighted by molar-refractivity contribution is -0.123. The fourth-order valence-corrected chi connectivity index (χ4v) is 3.06. The highest BCUT2D eigenvalue weighted by atomic mass is 16.5. The number of nitrogens with one attached hydrogen (secondary N) is 1. The summed E-state index contributed by atoms with van der Waals surface area (Å²) in [5.41, 5.74) is 5.98. The lowest BCUT2D eigenvalue weighted by Crippen LogP contribution is -2.47. The zero-order chi connectivity index (χ0) is 18.1. The van der Waals surface area contributed by atoms with Crippen LogP contribution < -0.4 is 20.7 Å². The number of carbonyl (C=O) groups is 2. The van der Waals surface area contributed by atoms with E-state index in [1.54, 1.807) is 4.90 Å². The lowest BCUT2D eigenvalue weighted by Gasteiger charge is -2.18. The third-order valence-electron chi connectivity index (χ3n) is 4.83. The molecule has 6 heteroatoms. The van der Waals surface area contributed by atoms with Gasteiger partial charge in [-0.1, -0.05) is 18.2 Å². The summed E-state index contributed by atoms with van der Waals surface area (Å²) in [5, 5.41) is 2.90. The van der Waals surface area contributed by atoms with Crippen LogP contribution in [-0.4, -0.2) is 29.9 Å². The van der Waals surface area contributed by atoms with Crippen LogP contribution in [0.1, 0.15) is 19.3 Å². The summed E-state index contributed by atoms with van der Waals surface area (Å²) in [7, 11) is 0. The van der Waals surface area contributed by atoms with E-state index >= 15 is 0 Å². The van der Waals surface area contributed by atoms with Gasteiger partial charge in [0.05, 0.1) is 11.6 Å². The number of carbonyl (C=O) groups excluding carboxylic acids is 2. The molecular weight excluding hydrogens is 330 g/mol. The van der Waals surface area contributed by atoms with Gasteiger partial charge in [-0.2, -0.15) is 0 Å². The molecule has 2 aliphatic rings. The molecule has 2 aromatic rings. The number of rotatable bonds is 5. The monoisotopic (exact) mass is 351 g/mol. The molecule has 2 aromatic carbocycles. The molecule has 2 amide bonds. The first kappa shape index (κ1) is 16.6. The first-order valence-corrected chi connectivity index (χ1v) is 8.77. The van der Waals surface area contributed by atoms with Crippen molar-refractivity contribution in [2.24, 2.45) is 5.73 Å². The topological polar surface area (TPSA) is 84.7 Å². The van der Waals surface area contributed by atoms with Crippen molar-refractivity contribution in [3.8, 4) is 11.5 Å². The van der Waals surface area contributed by atoms with Crippen molar-refractivity contribution in [1.82, 2.24) is 5.32 Å². The summed E-state index contributed by atoms with van der Waals surface area (Å²) in [4.78, 5) is 26.1. The highest BCUT2D eigenvalue weighted by Gasteiger charge is 2.47. The maximum absolute atomic E-state index is 12.3. The van der Waals surface area contributed by atoms with Crippen LogP contribution in [-0.2, 0) is 9.59 Å². The quantitative estimate of drug-likeness (QED) is 0.865. The Morgan fingerprint density at radius 3 is 2.38 bits per heavy atom. The Morgan fingerprint density at radius 1 is 1.08 bits per heavy atom. The number of benzene rings is 2. The highest BCUT2D eigenvalue weighted by Crippen LogP contribution is 2.33. The fraction of sp³-hybridized carbons (Fsp3) is 0.300. The third kappa shape index (κ3) is 3.41. The van der Waals surface area contributed by atoms with Gasteiger partial charge in [-0.05, 0) is 49.2 Å². The Labute approximate surface area is 151 Å². The molecule has 1 saturated heterocycles. The summed E-state index contributed by atoms with van der Waals surface area (Å²) in [5.74, 6) is 1.31. The minimum absolute atomic E-state index is 0.00565. The number of anilines is 1. The molecule has 134 valence electrons. The van der Waals surface area contributed by atoms with Crippen molar-refractivity contribution in [3.63, 3.8) is 0 Å². The fourth-order valence-electron chi connectivity index (χ4n) is 3.06. The minimum Gasteiger partial charge on any atom is -0.457 e. The second-order valence-corrected chi connectivity index (χ2v) is 6.94. The summed E-state index contributed by atoms with van der Waals surface area (Å²) in [6, 6.07) is 16.7. The van der Waals surface area contributed by atoms with Gasteiger partial charge in [-0.3, -0.25) is 9.59 Å². The van der Waals surface area contributed by atoms with Gasteiger partial charge in [0.1, 0.15) is 11.5 Å². The molecule has 1 unspecified atom stereocenters. The molecule has 1 atom stereocenters. The molecule has 1 saturated carbocycles. The molecule has 1 aliphatic carbocycles. The van der Waals surface area contributed by atoms with Crippen LogP contribution in [0.25, 0.3) is 0 Å². The number of hydrogen-bond acceptors (Lipinski definition) is 4. The van der Waals surface area contributed by atoms with Gasteiger partial charge in [0, 0.05) is 18.7 Å². The van der Waals surface area contributed by atoms with E-state index < -0.39 is 5.54 Å². The molecule has 0 aromatic heterocycles. The summed E-state index contributed by atoms with van der Waals surface area (Å²) >= 11 is 0. The molecule has 1 aliphatic heterocycles. The zero-order valence-corrected chi connectivity index (χ0v) is 14.4. The predicted molar refractivity (Wildman–Crippen MR) is 98.0 cm³/mol. The highest BCUT2D eigenvalue weighted by molar-refractivity contribution is 5.97. The lowest BCUT2D eigenvalue weighted by atomic mass is 10.2. The van der Waals surface area contributed by atoms with Crippen LogP contribution in [0, 0.1) is 0 Å². The van der Waals surface area contributed by atoms with Crippen LogP contribution in [0.3, 0.4) is 0 Å². The van der Waals surface area contributed by atoms with Gasteiger partial charge >= 0.3 is 0 Å². The van der Waals surface area contributed by atoms with Crippen molar-refractivity contribution >= 4 is 17.5 Å². The number of nitrogens with zero attached hydrogens (tertiary/aromatic N) is 1. The normalized spacial score (nSPS) is 20.7. The molecule has 2 fully saturated rings. The van der Waals surface area contributed by atoms with Crippen molar-refractivity contribution in [3.05, 3.63) is 54.6 Å². The first-order chi connectivity index (χ1) is 12.5. The predicted octanol–water partition coefficient (Wildman–Crippen LogP) is 2.19. The van der Waals surface area contributed by atoms with Gasteiger partial charge in [0.2, 0.25) is 11.8 Å². The summed E-state index contributed by atoms with van der Waals surface area (Å²) in [6.07, 6.45) is 1.72. The Balaban J connectivity index is 1.39. The second-order valence-electron chi connectivity index (χ2n) is 6.94. The van der Waals surface area contributed by atoms with Crippen molar-refractivity contribution in [1.29, 1.82) is 0 Å². The van der Waals surface area contributed by atoms with Gasteiger partial charge in [0.25, 0.3) is 0 Å². The average molecular weight is 351 g/mol. The summed E-state index contributed by atoms with van der Waals surface area (Å²) < 4.78 is 5.77. The maximum atomic E-state index is 12.3. The van der Waals surface area contributed by atoms with E-state index in [2.05, 4.69) is 5.32 Å². The number of hydrogen-bond donors (Lipinski definition) is 2. The largest absolute Gasteiger partial charge is 0.457 e. The van der Waals surface area contributed by atoms with Gasteiger partial charge in [0.15, 0.2) is 0 Å². The van der Waals surface area contributed by atoms with E-state index in [0.717, 1.165) is 11.4 Å². The van der Waals surface area contributed by atoms with Crippen molar-refractivity contribution in [2.75, 3.05) is 11.4 Å². The van der Waals surface area contributed by atoms with Crippen molar-refractivity contribution < 1.29 is 14.3 Å². The molecule has 3 N–H and O–H groups in total. The van der Waals surface area contributed by atoms with E-state index in [0.29, 0.717) is 31.6 Å². The van der Waals surface area contributed by atoms with Crippen LogP contribution >= 0.6 is 0 Å². The van der Waals surface area contributed by atoms with Gasteiger partial charge in [-0.15, -0.1) is 0 Å². The molecule has 0 bridgehead atoms.